The molecule has 0 saturated carbocycles. The van der Waals surface area contributed by atoms with Crippen LogP contribution in [-0.4, -0.2) is 0 Å². The molecule has 1 aromatic carbocycles. The van der Waals surface area contributed by atoms with Gasteiger partial charge >= 0.3 is 5.51 Å². The average Bonchev–Trinajstić information content (AvgIpc) is 2.67. The van der Waals surface area contributed by atoms with Gasteiger partial charge in [0.25, 0.3) is 0 Å². The molecular formula is C14H17ClF3S+. The minimum absolute atomic E-state index is 0. The van der Waals surface area contributed by atoms with Gasteiger partial charge in [-0.05, 0) is 18.6 Å². The fourth-order valence-electron chi connectivity index (χ4n) is 2.16. The van der Waals surface area contributed by atoms with E-state index in [0.29, 0.717) is 16.0 Å². The first-order valence-electron chi connectivity index (χ1n) is 6.14. The molecule has 0 amide bonds. The number of rotatable bonds is 4. The van der Waals surface area contributed by atoms with E-state index in [0.717, 1.165) is 24.6 Å². The van der Waals surface area contributed by atoms with Crippen LogP contribution in [0, 0.1) is 0 Å². The first kappa shape index (κ1) is 16.3. The predicted molar refractivity (Wildman–Crippen MR) is 78.2 cm³/mol. The molecule has 0 radical (unpaired) electrons. The molecule has 0 N–H and O–H groups in total. The summed E-state index contributed by atoms with van der Waals surface area (Å²) in [5, 5.41) is 0.740. The van der Waals surface area contributed by atoms with Crippen LogP contribution in [-0.2, 0) is 11.9 Å². The monoisotopic (exact) mass is 309 g/mol. The summed E-state index contributed by atoms with van der Waals surface area (Å²) in [4.78, 5) is 0.553. The normalized spacial score (nSPS) is 12.5. The van der Waals surface area contributed by atoms with E-state index in [2.05, 4.69) is 6.92 Å². The lowest BCUT2D eigenvalue weighted by Gasteiger charge is -2.00. The third kappa shape index (κ3) is 3.63. The first-order valence-corrected chi connectivity index (χ1v) is 7.37. The third-order valence-electron chi connectivity index (χ3n) is 2.98. The molecule has 2 aromatic rings. The number of unbranched alkanes of at least 4 members (excludes halogenated alkanes) is 2. The molecule has 0 spiro atoms. The summed E-state index contributed by atoms with van der Waals surface area (Å²) in [6, 6.07) is 8.60. The van der Waals surface area contributed by atoms with Crippen molar-refractivity contribution in [2.24, 2.45) is 0 Å². The van der Waals surface area contributed by atoms with E-state index in [9.17, 15) is 13.2 Å². The summed E-state index contributed by atoms with van der Waals surface area (Å²) >= 11 is 0. The third-order valence-corrected chi connectivity index (χ3v) is 5.10. The Morgan fingerprint density at radius 3 is 2.42 bits per heavy atom. The molecule has 1 atom stereocenters. The molecule has 1 unspecified atom stereocenters. The topological polar surface area (TPSA) is 0 Å². The number of hydrogen-bond acceptors (Lipinski definition) is 0. The highest BCUT2D eigenvalue weighted by Crippen LogP contribution is 2.51. The number of aryl methyl sites for hydroxylation is 1. The Morgan fingerprint density at radius 1 is 1.11 bits per heavy atom. The average molecular weight is 310 g/mol. The van der Waals surface area contributed by atoms with Crippen molar-refractivity contribution in [3.63, 3.8) is 0 Å². The van der Waals surface area contributed by atoms with Crippen molar-refractivity contribution in [1.82, 2.24) is 0 Å². The zero-order valence-corrected chi connectivity index (χ0v) is 12.3. The Bertz CT molecular complexity index is 531. The lowest BCUT2D eigenvalue weighted by Crippen LogP contribution is -1.98. The van der Waals surface area contributed by atoms with Crippen molar-refractivity contribution in [1.29, 1.82) is 0 Å². The quantitative estimate of drug-likeness (QED) is 0.464. The molecule has 106 valence electrons. The molecule has 0 bridgehead atoms. The van der Waals surface area contributed by atoms with Gasteiger partial charge in [-0.25, -0.2) is 0 Å². The van der Waals surface area contributed by atoms with Gasteiger partial charge in [0.2, 0.25) is 0 Å². The second-order valence-electron chi connectivity index (χ2n) is 4.36. The molecule has 0 aliphatic rings. The van der Waals surface area contributed by atoms with Crippen LogP contribution in [0.1, 0.15) is 31.1 Å². The Hall–Kier alpha value is -0.740. The molecule has 2 rings (SSSR count). The van der Waals surface area contributed by atoms with Crippen LogP contribution in [0.25, 0.3) is 10.1 Å². The summed E-state index contributed by atoms with van der Waals surface area (Å²) in [6.07, 6.45) is 3.42. The van der Waals surface area contributed by atoms with E-state index in [-0.39, 0.29) is 12.4 Å². The molecule has 0 nitrogen and oxygen atoms in total. The van der Waals surface area contributed by atoms with Gasteiger partial charge in [-0.15, -0.1) is 25.6 Å². The Kier molecular flexibility index (Phi) is 5.68. The van der Waals surface area contributed by atoms with E-state index in [1.54, 1.807) is 30.3 Å². The van der Waals surface area contributed by atoms with Crippen LogP contribution in [0.15, 0.2) is 30.3 Å². The molecule has 0 saturated heterocycles. The lowest BCUT2D eigenvalue weighted by molar-refractivity contribution is -0.0867. The minimum Gasteiger partial charge on any atom is -0.147 e. The molecule has 0 aliphatic carbocycles. The van der Waals surface area contributed by atoms with E-state index in [4.69, 9.17) is 0 Å². The SMILES string of the molecule is CCCCCc1cc2ccccc2[s+]1C(F)(F)F.Cl. The van der Waals surface area contributed by atoms with Crippen LogP contribution in [0.4, 0.5) is 13.2 Å². The van der Waals surface area contributed by atoms with Crippen LogP contribution in [0.2, 0.25) is 0 Å². The second-order valence-corrected chi connectivity index (χ2v) is 6.40. The summed E-state index contributed by atoms with van der Waals surface area (Å²) < 4.78 is 40.0. The standard InChI is InChI=1S/C14H16F3S.ClH/c1-2-3-4-8-12-10-11-7-5-6-9-13(11)18(12)14(15,16)17;/h5-7,9-10H,2-4,8H2,1H3;1H/q+1;. The van der Waals surface area contributed by atoms with E-state index in [1.165, 1.54) is 0 Å². The fourth-order valence-corrected chi connectivity index (χ4v) is 4.16. The van der Waals surface area contributed by atoms with E-state index in [1.807, 2.05) is 0 Å². The maximum atomic E-state index is 13.2. The zero-order valence-electron chi connectivity index (χ0n) is 10.7. The molecule has 5 heteroatoms. The fraction of sp³-hybridized carbons (Fsp3) is 0.429. The number of fused-ring (bicyclic) bond motifs is 1. The van der Waals surface area contributed by atoms with Crippen LogP contribution in [0.3, 0.4) is 0 Å². The number of thiophene rings is 1. The van der Waals surface area contributed by atoms with Gasteiger partial charge in [0, 0.05) is 17.9 Å². The van der Waals surface area contributed by atoms with Crippen molar-refractivity contribution in [3.05, 3.63) is 35.2 Å². The summed E-state index contributed by atoms with van der Waals surface area (Å²) in [7, 11) is -1.70. The van der Waals surface area contributed by atoms with Crippen molar-refractivity contribution in [2.75, 3.05) is 0 Å². The highest BCUT2D eigenvalue weighted by atomic mass is 35.5. The maximum absolute atomic E-state index is 13.2. The second kappa shape index (κ2) is 6.62. The largest absolute Gasteiger partial charge is 0.600 e. The van der Waals surface area contributed by atoms with E-state index < -0.39 is 16.0 Å². The zero-order chi connectivity index (χ0) is 13.2. The Morgan fingerprint density at radius 2 is 1.79 bits per heavy atom. The molecular weight excluding hydrogens is 293 g/mol. The van der Waals surface area contributed by atoms with Gasteiger partial charge < -0.3 is 0 Å². The first-order chi connectivity index (χ1) is 8.54. The molecule has 1 heterocycles. The highest BCUT2D eigenvalue weighted by Gasteiger charge is 2.47. The maximum Gasteiger partial charge on any atom is 0.600 e. The van der Waals surface area contributed by atoms with E-state index >= 15 is 0 Å². The summed E-state index contributed by atoms with van der Waals surface area (Å²) in [5.41, 5.74) is -4.15. The Balaban J connectivity index is 0.00000180. The van der Waals surface area contributed by atoms with Crippen molar-refractivity contribution in [3.8, 4) is 0 Å². The molecule has 0 aliphatic heterocycles. The van der Waals surface area contributed by atoms with Crippen LogP contribution < -0.4 is 0 Å². The Labute approximate surface area is 120 Å². The van der Waals surface area contributed by atoms with Gasteiger partial charge in [0.05, 0.1) is 10.5 Å². The predicted octanol–water partition coefficient (Wildman–Crippen LogP) is 6.22. The smallest absolute Gasteiger partial charge is 0.147 e. The van der Waals surface area contributed by atoms with Gasteiger partial charge in [-0.1, -0.05) is 31.9 Å². The molecule has 0 fully saturated rings. The van der Waals surface area contributed by atoms with Crippen LogP contribution in [0.5, 0.6) is 0 Å². The van der Waals surface area contributed by atoms with Gasteiger partial charge in [-0.2, -0.15) is 0 Å². The van der Waals surface area contributed by atoms with Crippen molar-refractivity contribution in [2.45, 2.75) is 38.1 Å². The summed E-state index contributed by atoms with van der Waals surface area (Å²) in [5.74, 6) is 0. The summed E-state index contributed by atoms with van der Waals surface area (Å²) in [6.45, 7) is 2.06. The number of halogens is 4. The molecule has 19 heavy (non-hydrogen) atoms. The number of benzene rings is 1. The van der Waals surface area contributed by atoms with Gasteiger partial charge in [0.15, 0.2) is 9.58 Å². The van der Waals surface area contributed by atoms with Crippen molar-refractivity contribution < 1.29 is 13.2 Å². The number of hydrogen-bond donors (Lipinski definition) is 0. The minimum atomic E-state index is -4.15. The lowest BCUT2D eigenvalue weighted by atomic mass is 10.1. The molecule has 1 aromatic heterocycles. The van der Waals surface area contributed by atoms with Gasteiger partial charge in [-0.3, -0.25) is 0 Å². The number of alkyl halides is 3. The highest BCUT2D eigenvalue weighted by molar-refractivity contribution is 7.38. The van der Waals surface area contributed by atoms with Gasteiger partial charge in [0.1, 0.15) is 0 Å². The van der Waals surface area contributed by atoms with Crippen LogP contribution >= 0.6 is 22.9 Å². The van der Waals surface area contributed by atoms with Crippen molar-refractivity contribution >= 4 is 33.0 Å².